The molecule has 1 aliphatic heterocycles. The first kappa shape index (κ1) is 10.0. The van der Waals surface area contributed by atoms with Crippen LogP contribution in [0.25, 0.3) is 0 Å². The first-order valence-corrected chi connectivity index (χ1v) is 5.06. The van der Waals surface area contributed by atoms with Crippen molar-refractivity contribution in [2.75, 3.05) is 13.1 Å². The third kappa shape index (κ3) is 1.99. The van der Waals surface area contributed by atoms with Gasteiger partial charge in [0.2, 0.25) is 0 Å². The second kappa shape index (κ2) is 3.75. The Balaban J connectivity index is 2.53. The summed E-state index contributed by atoms with van der Waals surface area (Å²) in [5, 5.41) is 0. The van der Waals surface area contributed by atoms with Crippen LogP contribution in [0, 0.1) is 0 Å². The summed E-state index contributed by atoms with van der Waals surface area (Å²) < 4.78 is 0. The molecule has 1 aliphatic rings. The molecule has 0 amide bonds. The Hall–Kier alpha value is -0.0800. The normalized spacial score (nSPS) is 24.0. The van der Waals surface area contributed by atoms with Crippen molar-refractivity contribution in [1.82, 2.24) is 4.90 Å². The molecule has 72 valence electrons. The van der Waals surface area contributed by atoms with Gasteiger partial charge in [-0.25, -0.2) is 0 Å². The van der Waals surface area contributed by atoms with E-state index in [1.165, 1.54) is 32.4 Å². The van der Waals surface area contributed by atoms with Gasteiger partial charge in [0.15, 0.2) is 0 Å². The third-order valence-corrected chi connectivity index (χ3v) is 3.29. The Morgan fingerprint density at radius 2 is 1.67 bits per heavy atom. The number of rotatable bonds is 2. The van der Waals surface area contributed by atoms with Crippen LogP contribution < -0.4 is 5.73 Å². The van der Waals surface area contributed by atoms with Gasteiger partial charge in [0.1, 0.15) is 0 Å². The van der Waals surface area contributed by atoms with Crippen molar-refractivity contribution in [1.29, 1.82) is 0 Å². The molecule has 1 heterocycles. The molecule has 0 radical (unpaired) electrons. The van der Waals surface area contributed by atoms with Crippen molar-refractivity contribution in [3.63, 3.8) is 0 Å². The van der Waals surface area contributed by atoms with Gasteiger partial charge in [0.25, 0.3) is 0 Å². The van der Waals surface area contributed by atoms with Crippen molar-refractivity contribution >= 4 is 0 Å². The fourth-order valence-electron chi connectivity index (χ4n) is 1.76. The number of piperidine rings is 1. The van der Waals surface area contributed by atoms with E-state index in [1.807, 2.05) is 0 Å². The van der Waals surface area contributed by atoms with E-state index >= 15 is 0 Å². The lowest BCUT2D eigenvalue weighted by Gasteiger charge is -2.43. The Morgan fingerprint density at radius 3 is 2.08 bits per heavy atom. The maximum absolute atomic E-state index is 5.96. The highest BCUT2D eigenvalue weighted by atomic mass is 15.2. The quantitative estimate of drug-likeness (QED) is 0.682. The lowest BCUT2D eigenvalue weighted by Crippen LogP contribution is -2.56. The molecule has 2 nitrogen and oxygen atoms in total. The summed E-state index contributed by atoms with van der Waals surface area (Å²) in [5.74, 6) is 0. The van der Waals surface area contributed by atoms with E-state index in [-0.39, 0.29) is 11.6 Å². The van der Waals surface area contributed by atoms with Crippen LogP contribution in [-0.2, 0) is 0 Å². The Morgan fingerprint density at radius 1 is 1.17 bits per heavy atom. The van der Waals surface area contributed by atoms with Gasteiger partial charge < -0.3 is 5.73 Å². The molecular formula is C10H22N2. The number of nitrogens with two attached hydrogens (primary N) is 1. The summed E-state index contributed by atoms with van der Waals surface area (Å²) in [6.07, 6.45) is 4.08. The van der Waals surface area contributed by atoms with E-state index in [9.17, 15) is 0 Å². The van der Waals surface area contributed by atoms with Gasteiger partial charge in [-0.1, -0.05) is 6.42 Å². The zero-order valence-electron chi connectivity index (χ0n) is 8.64. The predicted octanol–water partition coefficient (Wildman–Crippen LogP) is 1.60. The number of hydrogen-bond acceptors (Lipinski definition) is 2. The highest BCUT2D eigenvalue weighted by Gasteiger charge is 2.30. The van der Waals surface area contributed by atoms with E-state index in [0.29, 0.717) is 0 Å². The van der Waals surface area contributed by atoms with Gasteiger partial charge >= 0.3 is 0 Å². The smallest absolute Gasteiger partial charge is 0.0301 e. The van der Waals surface area contributed by atoms with Crippen LogP contribution in [0.4, 0.5) is 0 Å². The van der Waals surface area contributed by atoms with Gasteiger partial charge in [0, 0.05) is 11.6 Å². The summed E-state index contributed by atoms with van der Waals surface area (Å²) in [6, 6.07) is 0.260. The van der Waals surface area contributed by atoms with Gasteiger partial charge in [-0.05, 0) is 46.7 Å². The maximum Gasteiger partial charge on any atom is 0.0301 e. The second-order valence-electron chi connectivity index (χ2n) is 4.49. The maximum atomic E-state index is 5.96. The molecule has 1 fully saturated rings. The molecule has 0 bridgehead atoms. The first-order valence-electron chi connectivity index (χ1n) is 5.06. The SMILES string of the molecule is CC(N)C(C)(C)N1CCCCC1. The Kier molecular flexibility index (Phi) is 3.13. The zero-order chi connectivity index (χ0) is 9.19. The molecule has 0 aromatic heterocycles. The molecule has 1 rings (SSSR count). The molecule has 0 saturated carbocycles. The lowest BCUT2D eigenvalue weighted by atomic mass is 9.92. The van der Waals surface area contributed by atoms with Crippen LogP contribution in [-0.4, -0.2) is 29.6 Å². The molecule has 0 aromatic rings. The molecule has 0 aliphatic carbocycles. The largest absolute Gasteiger partial charge is 0.326 e. The van der Waals surface area contributed by atoms with Gasteiger partial charge in [-0.2, -0.15) is 0 Å². The van der Waals surface area contributed by atoms with Crippen LogP contribution in [0.3, 0.4) is 0 Å². The average Bonchev–Trinajstić information content (AvgIpc) is 2.06. The molecule has 1 unspecified atom stereocenters. The Bertz CT molecular complexity index is 135. The predicted molar refractivity (Wildman–Crippen MR) is 53.2 cm³/mol. The van der Waals surface area contributed by atoms with Gasteiger partial charge in [-0.3, -0.25) is 4.90 Å². The fraction of sp³-hybridized carbons (Fsp3) is 1.00. The van der Waals surface area contributed by atoms with Gasteiger partial charge in [0.05, 0.1) is 0 Å². The van der Waals surface area contributed by atoms with E-state index in [2.05, 4.69) is 25.7 Å². The monoisotopic (exact) mass is 170 g/mol. The summed E-state index contributed by atoms with van der Waals surface area (Å²) >= 11 is 0. The summed E-state index contributed by atoms with van der Waals surface area (Å²) in [6.45, 7) is 9.07. The molecule has 2 N–H and O–H groups in total. The topological polar surface area (TPSA) is 29.3 Å². The Labute approximate surface area is 76.1 Å². The first-order chi connectivity index (χ1) is 5.55. The minimum Gasteiger partial charge on any atom is -0.326 e. The summed E-state index contributed by atoms with van der Waals surface area (Å²) in [5.41, 5.74) is 6.14. The molecule has 1 atom stereocenters. The summed E-state index contributed by atoms with van der Waals surface area (Å²) in [7, 11) is 0. The minimum atomic E-state index is 0.181. The van der Waals surface area contributed by atoms with Crippen molar-refractivity contribution in [2.45, 2.75) is 51.6 Å². The van der Waals surface area contributed by atoms with Crippen LogP contribution >= 0.6 is 0 Å². The highest BCUT2D eigenvalue weighted by molar-refractivity contribution is 4.90. The molecule has 1 saturated heterocycles. The van der Waals surface area contributed by atoms with Crippen LogP contribution in [0.2, 0.25) is 0 Å². The zero-order valence-corrected chi connectivity index (χ0v) is 8.64. The van der Waals surface area contributed by atoms with Crippen molar-refractivity contribution < 1.29 is 0 Å². The standard InChI is InChI=1S/C10H22N2/c1-9(11)10(2,3)12-7-5-4-6-8-12/h9H,4-8,11H2,1-3H3. The number of likely N-dealkylation sites (tertiary alicyclic amines) is 1. The summed E-state index contributed by atoms with van der Waals surface area (Å²) in [4.78, 5) is 2.53. The van der Waals surface area contributed by atoms with E-state index in [0.717, 1.165) is 0 Å². The van der Waals surface area contributed by atoms with E-state index in [1.54, 1.807) is 0 Å². The highest BCUT2D eigenvalue weighted by Crippen LogP contribution is 2.22. The molecule has 0 spiro atoms. The number of hydrogen-bond donors (Lipinski definition) is 1. The third-order valence-electron chi connectivity index (χ3n) is 3.29. The molecule has 0 aromatic carbocycles. The fourth-order valence-corrected chi connectivity index (χ4v) is 1.76. The lowest BCUT2D eigenvalue weighted by molar-refractivity contribution is 0.0780. The van der Waals surface area contributed by atoms with Crippen molar-refractivity contribution in [2.24, 2.45) is 5.73 Å². The van der Waals surface area contributed by atoms with E-state index < -0.39 is 0 Å². The molecular weight excluding hydrogens is 148 g/mol. The van der Waals surface area contributed by atoms with Gasteiger partial charge in [-0.15, -0.1) is 0 Å². The van der Waals surface area contributed by atoms with Crippen LogP contribution in [0.5, 0.6) is 0 Å². The molecule has 12 heavy (non-hydrogen) atoms. The van der Waals surface area contributed by atoms with Crippen molar-refractivity contribution in [3.05, 3.63) is 0 Å². The number of nitrogens with zero attached hydrogens (tertiary/aromatic N) is 1. The van der Waals surface area contributed by atoms with Crippen molar-refractivity contribution in [3.8, 4) is 0 Å². The minimum absolute atomic E-state index is 0.181. The van der Waals surface area contributed by atoms with E-state index in [4.69, 9.17) is 5.73 Å². The second-order valence-corrected chi connectivity index (χ2v) is 4.49. The van der Waals surface area contributed by atoms with Crippen LogP contribution in [0.15, 0.2) is 0 Å². The van der Waals surface area contributed by atoms with Crippen LogP contribution in [0.1, 0.15) is 40.0 Å². The molecule has 2 heteroatoms. The average molecular weight is 170 g/mol.